The van der Waals surface area contributed by atoms with E-state index >= 15 is 0 Å². The number of nitrogens with one attached hydrogen (secondary N) is 1. The summed E-state index contributed by atoms with van der Waals surface area (Å²) < 4.78 is 1.01. The van der Waals surface area contributed by atoms with Crippen molar-refractivity contribution in [3.05, 3.63) is 141 Å². The molecule has 0 aromatic heterocycles. The zero-order valence-corrected chi connectivity index (χ0v) is 20.7. The van der Waals surface area contributed by atoms with Gasteiger partial charge < -0.3 is 11.1 Å². The van der Waals surface area contributed by atoms with Crippen LogP contribution in [-0.4, -0.2) is 17.9 Å². The minimum absolute atomic E-state index is 0.300. The van der Waals surface area contributed by atoms with Crippen molar-refractivity contribution in [2.45, 2.75) is 17.9 Å². The number of amides is 2. The van der Waals surface area contributed by atoms with E-state index in [-0.39, 0.29) is 5.91 Å². The van der Waals surface area contributed by atoms with Crippen molar-refractivity contribution in [3.63, 3.8) is 0 Å². The maximum Gasteiger partial charge on any atom is 0.240 e. The third kappa shape index (κ3) is 4.75. The van der Waals surface area contributed by atoms with Gasteiger partial charge in [0.15, 0.2) is 0 Å². The van der Waals surface area contributed by atoms with Gasteiger partial charge in [0, 0.05) is 9.99 Å². The van der Waals surface area contributed by atoms with Crippen LogP contribution in [0.15, 0.2) is 115 Å². The summed E-state index contributed by atoms with van der Waals surface area (Å²) in [4.78, 5) is 26.8. The lowest BCUT2D eigenvalue weighted by Crippen LogP contribution is -2.54. The molecule has 1 atom stereocenters. The van der Waals surface area contributed by atoms with E-state index in [0.717, 1.165) is 25.8 Å². The Hall–Kier alpha value is -3.45. The molecule has 170 valence electrons. The van der Waals surface area contributed by atoms with Crippen LogP contribution in [0.4, 0.5) is 0 Å². The van der Waals surface area contributed by atoms with Gasteiger partial charge in [0.1, 0.15) is 11.5 Å². The van der Waals surface area contributed by atoms with Gasteiger partial charge in [-0.15, -0.1) is 0 Å². The first kappa shape index (κ1) is 23.7. The van der Waals surface area contributed by atoms with E-state index in [2.05, 4.69) is 27.9 Å². The van der Waals surface area contributed by atoms with E-state index in [9.17, 15) is 9.59 Å². The van der Waals surface area contributed by atoms with E-state index in [1.165, 1.54) is 0 Å². The maximum absolute atomic E-state index is 14.3. The number of primary amides is 1. The van der Waals surface area contributed by atoms with Crippen molar-refractivity contribution in [3.8, 4) is 0 Å². The van der Waals surface area contributed by atoms with E-state index < -0.39 is 17.4 Å². The molecule has 0 heterocycles. The van der Waals surface area contributed by atoms with Crippen molar-refractivity contribution < 1.29 is 9.59 Å². The second-order valence-electron chi connectivity index (χ2n) is 8.07. The summed E-state index contributed by atoms with van der Waals surface area (Å²) in [6.07, 6.45) is 0.314. The molecule has 4 aromatic rings. The van der Waals surface area contributed by atoms with Gasteiger partial charge in [-0.1, -0.05) is 109 Å². The molecule has 4 rings (SSSR count). The second-order valence-corrected chi connectivity index (χ2v) is 9.23. The van der Waals surface area contributed by atoms with Crippen molar-refractivity contribution in [1.29, 1.82) is 0 Å². The highest BCUT2D eigenvalue weighted by atomic mass is 127. The van der Waals surface area contributed by atoms with Crippen LogP contribution < -0.4 is 11.1 Å². The molecule has 3 N–H and O–H groups in total. The molecule has 0 aliphatic carbocycles. The molecule has 34 heavy (non-hydrogen) atoms. The molecule has 0 fully saturated rings. The van der Waals surface area contributed by atoms with Gasteiger partial charge in [0.05, 0.1) is 0 Å². The Kier molecular flexibility index (Phi) is 7.43. The number of halogens is 1. The first-order valence-corrected chi connectivity index (χ1v) is 12.1. The minimum Gasteiger partial charge on any atom is -0.368 e. The molecular formula is C29H25IN2O2. The van der Waals surface area contributed by atoms with Gasteiger partial charge in [0.2, 0.25) is 11.8 Å². The first-order valence-electron chi connectivity index (χ1n) is 11.0. The van der Waals surface area contributed by atoms with Crippen LogP contribution in [0.3, 0.4) is 0 Å². The average Bonchev–Trinajstić information content (AvgIpc) is 2.87. The second kappa shape index (κ2) is 10.7. The molecule has 0 bridgehead atoms. The van der Waals surface area contributed by atoms with E-state index in [1.54, 1.807) is 0 Å². The Morgan fingerprint density at radius 3 is 1.53 bits per heavy atom. The van der Waals surface area contributed by atoms with Crippen molar-refractivity contribution >= 4 is 34.4 Å². The number of hydrogen-bond acceptors (Lipinski definition) is 2. The molecule has 0 unspecified atom stereocenters. The largest absolute Gasteiger partial charge is 0.368 e. The maximum atomic E-state index is 14.3. The highest BCUT2D eigenvalue weighted by Crippen LogP contribution is 2.39. The molecule has 0 radical (unpaired) electrons. The van der Waals surface area contributed by atoms with Crippen LogP contribution in [0.25, 0.3) is 0 Å². The van der Waals surface area contributed by atoms with Crippen molar-refractivity contribution in [2.24, 2.45) is 5.73 Å². The lowest BCUT2D eigenvalue weighted by molar-refractivity contribution is -0.129. The molecule has 4 nitrogen and oxygen atoms in total. The fourth-order valence-electron chi connectivity index (χ4n) is 4.33. The molecule has 0 spiro atoms. The Morgan fingerprint density at radius 1 is 0.706 bits per heavy atom. The zero-order chi connectivity index (χ0) is 24.0. The van der Waals surface area contributed by atoms with Crippen LogP contribution in [0.5, 0.6) is 0 Å². The standard InChI is InChI=1S/C29H25IN2O2/c30-25-19-11-10-12-21(25)20-26(27(31)33)32-28(34)29(22-13-4-1-5-14-22,23-15-6-2-7-16-23)24-17-8-3-9-18-24/h1-19,26H,20H2,(H2,31,33)(H,32,34)/t26-/m1/s1. The predicted molar refractivity (Wildman–Crippen MR) is 143 cm³/mol. The summed E-state index contributed by atoms with van der Waals surface area (Å²) in [7, 11) is 0. The SMILES string of the molecule is NC(=O)[C@@H](Cc1ccccc1I)NC(=O)C(c1ccccc1)(c1ccccc1)c1ccccc1. The van der Waals surface area contributed by atoms with E-state index in [4.69, 9.17) is 5.73 Å². The lowest BCUT2D eigenvalue weighted by Gasteiger charge is -2.35. The molecular weight excluding hydrogens is 535 g/mol. The van der Waals surface area contributed by atoms with Crippen LogP contribution in [0.1, 0.15) is 22.3 Å². The van der Waals surface area contributed by atoms with Crippen molar-refractivity contribution in [1.82, 2.24) is 5.32 Å². The summed E-state index contributed by atoms with van der Waals surface area (Å²) in [5.41, 5.74) is 8.00. The highest BCUT2D eigenvalue weighted by molar-refractivity contribution is 14.1. The van der Waals surface area contributed by atoms with Gasteiger partial charge in [-0.3, -0.25) is 9.59 Å². The Balaban J connectivity index is 1.85. The average molecular weight is 560 g/mol. The molecule has 0 saturated heterocycles. The third-order valence-corrected chi connectivity index (χ3v) is 7.04. The van der Waals surface area contributed by atoms with Gasteiger partial charge >= 0.3 is 0 Å². The van der Waals surface area contributed by atoms with Gasteiger partial charge in [-0.2, -0.15) is 0 Å². The lowest BCUT2D eigenvalue weighted by atomic mass is 9.68. The van der Waals surface area contributed by atoms with Gasteiger partial charge in [0.25, 0.3) is 0 Å². The van der Waals surface area contributed by atoms with Crippen LogP contribution in [0.2, 0.25) is 0 Å². The Labute approximate surface area is 213 Å². The topological polar surface area (TPSA) is 72.2 Å². The normalized spacial score (nSPS) is 12.0. The number of rotatable bonds is 8. The van der Waals surface area contributed by atoms with E-state index in [1.807, 2.05) is 115 Å². The minimum atomic E-state index is -1.17. The molecule has 2 amide bonds. The first-order chi connectivity index (χ1) is 16.5. The Morgan fingerprint density at radius 2 is 1.12 bits per heavy atom. The van der Waals surface area contributed by atoms with Crippen LogP contribution >= 0.6 is 22.6 Å². The van der Waals surface area contributed by atoms with E-state index in [0.29, 0.717) is 6.42 Å². The number of carbonyl (C=O) groups excluding carboxylic acids is 2. The fourth-order valence-corrected chi connectivity index (χ4v) is 4.94. The van der Waals surface area contributed by atoms with Crippen LogP contribution in [-0.2, 0) is 21.4 Å². The summed E-state index contributed by atoms with van der Waals surface area (Å²) in [6.45, 7) is 0. The number of benzene rings is 4. The molecule has 0 aliphatic rings. The predicted octanol–water partition coefficient (Wildman–Crippen LogP) is 4.84. The zero-order valence-electron chi connectivity index (χ0n) is 18.5. The quantitative estimate of drug-likeness (QED) is 0.239. The highest BCUT2D eigenvalue weighted by Gasteiger charge is 2.44. The number of carbonyl (C=O) groups is 2. The Bertz CT molecular complexity index is 1160. The van der Waals surface area contributed by atoms with Gasteiger partial charge in [-0.25, -0.2) is 0 Å². The smallest absolute Gasteiger partial charge is 0.240 e. The fraction of sp³-hybridized carbons (Fsp3) is 0.103. The number of hydrogen-bond donors (Lipinski definition) is 2. The van der Waals surface area contributed by atoms with Crippen molar-refractivity contribution in [2.75, 3.05) is 0 Å². The monoisotopic (exact) mass is 560 g/mol. The molecule has 4 aromatic carbocycles. The number of nitrogens with two attached hydrogens (primary N) is 1. The molecule has 0 aliphatic heterocycles. The summed E-state index contributed by atoms with van der Waals surface area (Å²) >= 11 is 2.23. The summed E-state index contributed by atoms with van der Waals surface area (Å²) in [5, 5.41) is 3.01. The molecule has 0 saturated carbocycles. The van der Waals surface area contributed by atoms with Crippen LogP contribution in [0, 0.1) is 3.57 Å². The molecule has 5 heteroatoms. The summed E-state index contributed by atoms with van der Waals surface area (Å²) in [6, 6.07) is 35.8. The summed E-state index contributed by atoms with van der Waals surface area (Å²) in [5.74, 6) is -0.873. The third-order valence-electron chi connectivity index (χ3n) is 5.99. The van der Waals surface area contributed by atoms with Gasteiger partial charge in [-0.05, 0) is 50.9 Å².